The van der Waals surface area contributed by atoms with E-state index in [1.165, 1.54) is 38.5 Å². The molecule has 15 heteroatoms. The van der Waals surface area contributed by atoms with Crippen molar-refractivity contribution in [2.45, 2.75) is 235 Å². The molecule has 0 aromatic carbocycles. The third kappa shape index (κ3) is 28.8. The Morgan fingerprint density at radius 2 is 0.857 bits per heavy atom. The summed E-state index contributed by atoms with van der Waals surface area (Å²) in [6.07, 6.45) is 32.1. The van der Waals surface area contributed by atoms with E-state index >= 15 is 0 Å². The molecule has 15 nitrogen and oxygen atoms in total. The third-order valence-corrected chi connectivity index (χ3v) is 12.2. The van der Waals surface area contributed by atoms with E-state index in [1.54, 1.807) is 0 Å². The fourth-order valence-corrected chi connectivity index (χ4v) is 7.76. The quantitative estimate of drug-likeness (QED) is 0.0176. The van der Waals surface area contributed by atoms with Gasteiger partial charge in [-0.2, -0.15) is 0 Å². The molecule has 0 aliphatic carbocycles. The zero-order valence-corrected chi connectivity index (χ0v) is 42.5. The number of hydrogen-bond donors (Lipinski definition) is 7. The van der Waals surface area contributed by atoms with Gasteiger partial charge in [0, 0.05) is 12.8 Å². The topological polar surface area (TPSA) is 231 Å². The SMILES string of the molecule is CCCCC/C=C/C/C=C/C/C=C/C/C=C/CCCCCC(=O)OC[C@@H](CO[C@@H]1O[C@H](CO[C@@H]2O[C@H](CO)[C@H](O)C(O)C2O)[C@H](O)C(O)C1O)OC(=O)CCCCCCC/C=C/C/C=C/CCCCC. The fourth-order valence-electron chi connectivity index (χ4n) is 7.76. The number of aliphatic hydroxyl groups excluding tert-OH is 7. The van der Waals surface area contributed by atoms with Gasteiger partial charge in [0.1, 0.15) is 55.4 Å². The second kappa shape index (κ2) is 41.4. The summed E-state index contributed by atoms with van der Waals surface area (Å²) in [4.78, 5) is 25.8. The summed E-state index contributed by atoms with van der Waals surface area (Å²) in [5.74, 6) is -0.982. The number of esters is 2. The predicted octanol–water partition coefficient (Wildman–Crippen LogP) is 7.82. The molecule has 11 atom stereocenters. The van der Waals surface area contributed by atoms with Crippen LogP contribution < -0.4 is 0 Å². The van der Waals surface area contributed by atoms with Crippen LogP contribution in [0.25, 0.3) is 0 Å². The van der Waals surface area contributed by atoms with Crippen molar-refractivity contribution in [3.8, 4) is 0 Å². The number of aliphatic hydroxyl groups is 7. The van der Waals surface area contributed by atoms with Gasteiger partial charge in [-0.3, -0.25) is 9.59 Å². The molecule has 0 aromatic heterocycles. The van der Waals surface area contributed by atoms with Crippen LogP contribution in [0.1, 0.15) is 168 Å². The van der Waals surface area contributed by atoms with Crippen LogP contribution in [0.2, 0.25) is 0 Å². The Kier molecular flexibility index (Phi) is 37.3. The standard InChI is InChI=1S/C55H92O15/c1-3-5-7-9-11-13-15-17-19-20-21-22-24-25-27-29-31-33-35-37-46(57)65-40-43(68-47(58)38-36-34-32-30-28-26-23-18-16-14-12-10-8-6-4-2)41-66-54-53(64)51(62)49(60)45(70-54)42-67-55-52(63)50(61)48(59)44(39-56)69-55/h11-14,17-19,21-23,25,27,43-45,48-56,59-64H,3-10,15-16,20,24,26,28-42H2,1-2H3/b13-11+,14-12+,19-17+,22-21+,23-18+,27-25+/t43-,44+,45+,48-,49-,50?,51?,52?,53?,54+,55+/m0/s1. The van der Waals surface area contributed by atoms with E-state index in [4.69, 9.17) is 28.4 Å². The Balaban J connectivity index is 1.82. The number of ether oxygens (including phenoxy) is 6. The summed E-state index contributed by atoms with van der Waals surface area (Å²) in [7, 11) is 0. The molecular weight excluding hydrogens is 901 g/mol. The maximum atomic E-state index is 13.0. The second-order valence-corrected chi connectivity index (χ2v) is 18.3. The third-order valence-electron chi connectivity index (χ3n) is 12.2. The largest absolute Gasteiger partial charge is 0.462 e. The Bertz CT molecular complexity index is 1490. The van der Waals surface area contributed by atoms with Gasteiger partial charge in [-0.05, 0) is 89.9 Å². The van der Waals surface area contributed by atoms with Crippen LogP contribution in [0.5, 0.6) is 0 Å². The summed E-state index contributed by atoms with van der Waals surface area (Å²) in [6.45, 7) is 2.47. The van der Waals surface area contributed by atoms with Gasteiger partial charge in [0.15, 0.2) is 18.7 Å². The minimum absolute atomic E-state index is 0.138. The van der Waals surface area contributed by atoms with Crippen molar-refractivity contribution in [2.75, 3.05) is 26.4 Å². The maximum Gasteiger partial charge on any atom is 0.306 e. The average molecular weight is 993 g/mol. The van der Waals surface area contributed by atoms with Crippen molar-refractivity contribution in [1.29, 1.82) is 0 Å². The summed E-state index contributed by atoms with van der Waals surface area (Å²) in [5.41, 5.74) is 0. The first-order valence-corrected chi connectivity index (χ1v) is 26.5. The van der Waals surface area contributed by atoms with Crippen LogP contribution >= 0.6 is 0 Å². The van der Waals surface area contributed by atoms with Gasteiger partial charge >= 0.3 is 11.9 Å². The Hall–Kier alpha value is -3.06. The van der Waals surface area contributed by atoms with Crippen molar-refractivity contribution in [2.24, 2.45) is 0 Å². The first-order chi connectivity index (χ1) is 34.0. The molecule has 2 saturated heterocycles. The van der Waals surface area contributed by atoms with E-state index < -0.39 is 99.3 Å². The molecule has 2 heterocycles. The van der Waals surface area contributed by atoms with E-state index in [2.05, 4.69) is 86.8 Å². The molecule has 0 bridgehead atoms. The summed E-state index contributed by atoms with van der Waals surface area (Å²) >= 11 is 0. The second-order valence-electron chi connectivity index (χ2n) is 18.3. The number of allylic oxidation sites excluding steroid dienone is 12. The van der Waals surface area contributed by atoms with E-state index in [0.29, 0.717) is 12.8 Å². The monoisotopic (exact) mass is 993 g/mol. The van der Waals surface area contributed by atoms with E-state index in [1.807, 2.05) is 0 Å². The molecule has 2 aliphatic rings. The molecule has 0 saturated carbocycles. The van der Waals surface area contributed by atoms with Crippen LogP contribution in [0.15, 0.2) is 72.9 Å². The lowest BCUT2D eigenvalue weighted by Crippen LogP contribution is -2.61. The number of unbranched alkanes of at least 4 members (excludes halogenated alkanes) is 14. The van der Waals surface area contributed by atoms with Gasteiger partial charge < -0.3 is 64.2 Å². The van der Waals surface area contributed by atoms with E-state index in [9.17, 15) is 45.3 Å². The molecule has 0 amide bonds. The predicted molar refractivity (Wildman–Crippen MR) is 270 cm³/mol. The highest BCUT2D eigenvalue weighted by Gasteiger charge is 2.47. The van der Waals surface area contributed by atoms with Crippen molar-refractivity contribution >= 4 is 11.9 Å². The van der Waals surface area contributed by atoms with Gasteiger partial charge in [-0.25, -0.2) is 0 Å². The number of carbonyl (C=O) groups is 2. The fraction of sp³-hybridized carbons (Fsp3) is 0.745. The molecule has 402 valence electrons. The van der Waals surface area contributed by atoms with Crippen LogP contribution in [0.4, 0.5) is 0 Å². The van der Waals surface area contributed by atoms with E-state index in [0.717, 1.165) is 89.9 Å². The maximum absolute atomic E-state index is 13.0. The molecular formula is C55H92O15. The zero-order valence-electron chi connectivity index (χ0n) is 42.5. The van der Waals surface area contributed by atoms with Gasteiger partial charge in [0.2, 0.25) is 0 Å². The Morgan fingerprint density at radius 3 is 1.36 bits per heavy atom. The van der Waals surface area contributed by atoms with Gasteiger partial charge in [-0.15, -0.1) is 0 Å². The first-order valence-electron chi connectivity index (χ1n) is 26.5. The minimum Gasteiger partial charge on any atom is -0.462 e. The lowest BCUT2D eigenvalue weighted by molar-refractivity contribution is -0.332. The zero-order chi connectivity index (χ0) is 51.0. The van der Waals surface area contributed by atoms with Gasteiger partial charge in [0.05, 0.1) is 19.8 Å². The highest BCUT2D eigenvalue weighted by atomic mass is 16.7. The Morgan fingerprint density at radius 1 is 0.457 bits per heavy atom. The summed E-state index contributed by atoms with van der Waals surface area (Å²) in [6, 6.07) is 0. The number of carbonyl (C=O) groups excluding carboxylic acids is 2. The van der Waals surface area contributed by atoms with Crippen molar-refractivity contribution in [1.82, 2.24) is 0 Å². The first kappa shape index (κ1) is 63.1. The molecule has 4 unspecified atom stereocenters. The van der Waals surface area contributed by atoms with Crippen molar-refractivity contribution in [3.63, 3.8) is 0 Å². The average Bonchev–Trinajstić information content (AvgIpc) is 3.35. The van der Waals surface area contributed by atoms with Crippen molar-refractivity contribution < 1.29 is 73.8 Å². The number of hydrogen-bond acceptors (Lipinski definition) is 15. The molecule has 2 aliphatic heterocycles. The van der Waals surface area contributed by atoms with Crippen molar-refractivity contribution in [3.05, 3.63) is 72.9 Å². The van der Waals surface area contributed by atoms with Crippen LogP contribution in [0, 0.1) is 0 Å². The van der Waals surface area contributed by atoms with Gasteiger partial charge in [0.25, 0.3) is 0 Å². The molecule has 0 aromatic rings. The number of rotatable bonds is 40. The molecule has 2 rings (SSSR count). The smallest absolute Gasteiger partial charge is 0.306 e. The molecule has 0 radical (unpaired) electrons. The van der Waals surface area contributed by atoms with Crippen LogP contribution in [0.3, 0.4) is 0 Å². The lowest BCUT2D eigenvalue weighted by Gasteiger charge is -2.42. The van der Waals surface area contributed by atoms with Gasteiger partial charge in [-0.1, -0.05) is 138 Å². The lowest BCUT2D eigenvalue weighted by atomic mass is 9.98. The molecule has 0 spiro atoms. The minimum atomic E-state index is -1.78. The Labute approximate surface area is 419 Å². The molecule has 70 heavy (non-hydrogen) atoms. The molecule has 2 fully saturated rings. The molecule has 7 N–H and O–H groups in total. The normalized spacial score (nSPS) is 26.0. The van der Waals surface area contributed by atoms with Crippen LogP contribution in [-0.4, -0.2) is 142 Å². The van der Waals surface area contributed by atoms with Crippen LogP contribution in [-0.2, 0) is 38.0 Å². The highest BCUT2D eigenvalue weighted by Crippen LogP contribution is 2.26. The summed E-state index contributed by atoms with van der Waals surface area (Å²) < 4.78 is 33.5. The highest BCUT2D eigenvalue weighted by molar-refractivity contribution is 5.70. The van der Waals surface area contributed by atoms with E-state index in [-0.39, 0.29) is 19.4 Å². The summed E-state index contributed by atoms with van der Waals surface area (Å²) in [5, 5.41) is 72.1.